The fourth-order valence-electron chi connectivity index (χ4n) is 4.33. The Bertz CT molecular complexity index is 560. The summed E-state index contributed by atoms with van der Waals surface area (Å²) >= 11 is 0. The Kier molecular flexibility index (Phi) is 5.20. The van der Waals surface area contributed by atoms with Crippen molar-refractivity contribution in [3.05, 3.63) is 24.5 Å². The van der Waals surface area contributed by atoms with Crippen molar-refractivity contribution >= 4 is 5.91 Å². The molecule has 1 aliphatic carbocycles. The minimum absolute atomic E-state index is 0.318. The van der Waals surface area contributed by atoms with Gasteiger partial charge in [0.1, 0.15) is 11.9 Å². The summed E-state index contributed by atoms with van der Waals surface area (Å²) in [7, 11) is 0. The second-order valence-electron chi connectivity index (χ2n) is 7.72. The Morgan fingerprint density at radius 2 is 1.64 bits per heavy atom. The minimum atomic E-state index is 0.318. The predicted octanol–water partition coefficient (Wildman–Crippen LogP) is 2.72. The number of hydrogen-bond acceptors (Lipinski definition) is 4. The largest absolute Gasteiger partial charge is 0.490 e. The van der Waals surface area contributed by atoms with Crippen LogP contribution in [0.15, 0.2) is 24.5 Å². The molecule has 25 heavy (non-hydrogen) atoms. The molecule has 3 fully saturated rings. The number of amides is 1. The van der Waals surface area contributed by atoms with Crippen LogP contribution in [0.3, 0.4) is 0 Å². The van der Waals surface area contributed by atoms with Gasteiger partial charge in [0.2, 0.25) is 5.91 Å². The Labute approximate surface area is 150 Å². The predicted molar refractivity (Wildman–Crippen MR) is 96.4 cm³/mol. The number of hydrogen-bond donors (Lipinski definition) is 0. The lowest BCUT2D eigenvalue weighted by Crippen LogP contribution is -2.51. The van der Waals surface area contributed by atoms with Crippen LogP contribution in [-0.2, 0) is 4.79 Å². The van der Waals surface area contributed by atoms with Gasteiger partial charge in [0.15, 0.2) is 0 Å². The van der Waals surface area contributed by atoms with Gasteiger partial charge in [-0.3, -0.25) is 14.7 Å². The van der Waals surface area contributed by atoms with E-state index in [0.29, 0.717) is 24.0 Å². The monoisotopic (exact) mass is 343 g/mol. The van der Waals surface area contributed by atoms with Crippen LogP contribution in [0.25, 0.3) is 0 Å². The van der Waals surface area contributed by atoms with Crippen LogP contribution < -0.4 is 4.74 Å². The lowest BCUT2D eigenvalue weighted by molar-refractivity contribution is -0.139. The molecule has 0 spiro atoms. The van der Waals surface area contributed by atoms with Gasteiger partial charge in [0, 0.05) is 50.5 Å². The molecule has 0 unspecified atom stereocenters. The topological polar surface area (TPSA) is 45.7 Å². The maximum atomic E-state index is 12.4. The molecule has 0 N–H and O–H groups in total. The van der Waals surface area contributed by atoms with Gasteiger partial charge in [0.05, 0.1) is 0 Å². The number of aromatic nitrogens is 1. The number of rotatable bonds is 4. The normalized spacial score (nSPS) is 24.1. The molecule has 0 atom stereocenters. The van der Waals surface area contributed by atoms with E-state index in [1.165, 1.54) is 6.42 Å². The molecule has 0 radical (unpaired) electrons. The van der Waals surface area contributed by atoms with Crippen molar-refractivity contribution < 1.29 is 9.53 Å². The minimum Gasteiger partial charge on any atom is -0.490 e. The SMILES string of the molecule is O=C(C1CCC1)N1CCC(N2CCC(Oc3ccncc3)CC2)CC1. The molecule has 2 saturated heterocycles. The highest BCUT2D eigenvalue weighted by Crippen LogP contribution is 2.30. The van der Waals surface area contributed by atoms with Crippen LogP contribution in [0.1, 0.15) is 44.9 Å². The first-order valence-corrected chi connectivity index (χ1v) is 9.89. The summed E-state index contributed by atoms with van der Waals surface area (Å²) in [6.07, 6.45) is 11.8. The van der Waals surface area contributed by atoms with E-state index in [9.17, 15) is 4.79 Å². The van der Waals surface area contributed by atoms with Crippen molar-refractivity contribution in [3.63, 3.8) is 0 Å². The first-order chi connectivity index (χ1) is 12.3. The zero-order valence-corrected chi connectivity index (χ0v) is 15.0. The quantitative estimate of drug-likeness (QED) is 0.843. The number of carbonyl (C=O) groups excluding carboxylic acids is 1. The van der Waals surface area contributed by atoms with Gasteiger partial charge in [-0.05, 0) is 50.7 Å². The first-order valence-electron chi connectivity index (χ1n) is 9.89. The van der Waals surface area contributed by atoms with Crippen molar-refractivity contribution in [1.82, 2.24) is 14.8 Å². The maximum Gasteiger partial charge on any atom is 0.225 e. The summed E-state index contributed by atoms with van der Waals surface area (Å²) < 4.78 is 6.07. The van der Waals surface area contributed by atoms with E-state index in [-0.39, 0.29) is 0 Å². The van der Waals surface area contributed by atoms with Crippen molar-refractivity contribution in [2.45, 2.75) is 57.1 Å². The second kappa shape index (κ2) is 7.73. The fraction of sp³-hybridized carbons (Fsp3) is 0.700. The zero-order valence-electron chi connectivity index (χ0n) is 15.0. The molecule has 3 heterocycles. The van der Waals surface area contributed by atoms with Crippen molar-refractivity contribution in [2.75, 3.05) is 26.2 Å². The van der Waals surface area contributed by atoms with E-state index in [1.807, 2.05) is 12.1 Å². The van der Waals surface area contributed by atoms with Gasteiger partial charge in [-0.1, -0.05) is 6.42 Å². The maximum absolute atomic E-state index is 12.4. The molecule has 1 amide bonds. The van der Waals surface area contributed by atoms with Gasteiger partial charge in [-0.15, -0.1) is 0 Å². The average Bonchev–Trinajstić information content (AvgIpc) is 2.62. The molecule has 4 rings (SSSR count). The molecule has 1 aromatic heterocycles. The summed E-state index contributed by atoms with van der Waals surface area (Å²) in [5.74, 6) is 1.70. The van der Waals surface area contributed by atoms with Gasteiger partial charge >= 0.3 is 0 Å². The van der Waals surface area contributed by atoms with Crippen molar-refractivity contribution in [3.8, 4) is 5.75 Å². The van der Waals surface area contributed by atoms with Gasteiger partial charge in [-0.25, -0.2) is 0 Å². The molecular formula is C20H29N3O2. The third-order valence-corrected chi connectivity index (χ3v) is 6.18. The Hall–Kier alpha value is -1.62. The molecule has 136 valence electrons. The third kappa shape index (κ3) is 3.97. The lowest BCUT2D eigenvalue weighted by atomic mass is 9.84. The molecule has 0 bridgehead atoms. The number of nitrogens with zero attached hydrogens (tertiary/aromatic N) is 3. The summed E-state index contributed by atoms with van der Waals surface area (Å²) in [5, 5.41) is 0. The smallest absolute Gasteiger partial charge is 0.225 e. The summed E-state index contributed by atoms with van der Waals surface area (Å²) in [4.78, 5) is 21.2. The number of pyridine rings is 1. The van der Waals surface area contributed by atoms with Crippen LogP contribution in [0.2, 0.25) is 0 Å². The standard InChI is InChI=1S/C20H29N3O2/c24-20(16-2-1-3-16)23-12-6-17(7-13-23)22-14-8-19(9-15-22)25-18-4-10-21-11-5-18/h4-5,10-11,16-17,19H,1-3,6-9,12-15H2. The van der Waals surface area contributed by atoms with E-state index < -0.39 is 0 Å². The fourth-order valence-corrected chi connectivity index (χ4v) is 4.33. The van der Waals surface area contributed by atoms with Crippen molar-refractivity contribution in [1.29, 1.82) is 0 Å². The van der Waals surface area contributed by atoms with E-state index in [1.54, 1.807) is 12.4 Å². The third-order valence-electron chi connectivity index (χ3n) is 6.18. The number of carbonyl (C=O) groups is 1. The zero-order chi connectivity index (χ0) is 17.1. The summed E-state index contributed by atoms with van der Waals surface area (Å²) in [6, 6.07) is 4.51. The molecule has 5 heteroatoms. The van der Waals surface area contributed by atoms with E-state index in [4.69, 9.17) is 4.74 Å². The second-order valence-corrected chi connectivity index (χ2v) is 7.72. The Balaban J connectivity index is 1.20. The van der Waals surface area contributed by atoms with Crippen LogP contribution in [-0.4, -0.2) is 59.0 Å². The number of piperidine rings is 2. The van der Waals surface area contributed by atoms with Gasteiger partial charge in [0.25, 0.3) is 0 Å². The van der Waals surface area contributed by atoms with Crippen LogP contribution in [0.5, 0.6) is 5.75 Å². The summed E-state index contributed by atoms with van der Waals surface area (Å²) in [5.41, 5.74) is 0. The molecular weight excluding hydrogens is 314 g/mol. The molecule has 3 aliphatic rings. The van der Waals surface area contributed by atoms with E-state index >= 15 is 0 Å². The van der Waals surface area contributed by atoms with E-state index in [2.05, 4.69) is 14.8 Å². The highest BCUT2D eigenvalue weighted by atomic mass is 16.5. The Morgan fingerprint density at radius 3 is 2.24 bits per heavy atom. The molecule has 1 saturated carbocycles. The number of likely N-dealkylation sites (tertiary alicyclic amines) is 2. The number of ether oxygens (including phenoxy) is 1. The van der Waals surface area contributed by atoms with E-state index in [0.717, 1.165) is 70.5 Å². The molecule has 2 aliphatic heterocycles. The highest BCUT2D eigenvalue weighted by molar-refractivity contribution is 5.79. The summed E-state index contributed by atoms with van der Waals surface area (Å²) in [6.45, 7) is 4.12. The molecule has 0 aromatic carbocycles. The van der Waals surface area contributed by atoms with Crippen LogP contribution in [0, 0.1) is 5.92 Å². The first kappa shape index (κ1) is 16.8. The van der Waals surface area contributed by atoms with Gasteiger partial charge < -0.3 is 9.64 Å². The Morgan fingerprint density at radius 1 is 0.960 bits per heavy atom. The lowest BCUT2D eigenvalue weighted by Gasteiger charge is -2.42. The van der Waals surface area contributed by atoms with Crippen molar-refractivity contribution in [2.24, 2.45) is 5.92 Å². The average molecular weight is 343 g/mol. The molecule has 5 nitrogen and oxygen atoms in total. The highest BCUT2D eigenvalue weighted by Gasteiger charge is 2.34. The van der Waals surface area contributed by atoms with Crippen LogP contribution in [0.4, 0.5) is 0 Å². The van der Waals surface area contributed by atoms with Gasteiger partial charge in [-0.2, -0.15) is 0 Å². The van der Waals surface area contributed by atoms with Crippen LogP contribution >= 0.6 is 0 Å². The molecule has 1 aromatic rings.